The summed E-state index contributed by atoms with van der Waals surface area (Å²) in [5.41, 5.74) is 0.0384. The van der Waals surface area contributed by atoms with Gasteiger partial charge in [-0.1, -0.05) is 18.4 Å². The molecular formula is C43H51F2N5O5. The quantitative estimate of drug-likeness (QED) is 0.314. The van der Waals surface area contributed by atoms with Gasteiger partial charge in [-0.25, -0.2) is 8.78 Å². The SMILES string of the molecule is C#Cc1c(F)ccc2cc(O)cc(C3NC(OC)=c4c(N5CC6COC(C6)C5)nc(OC[C@@]56CCCN(C7C[C@@H](C)O[C@@H](C)C7)[C@]5(C)CCC6)nc4=C3F)c12. The zero-order chi connectivity index (χ0) is 38.2. The number of methoxy groups -OCH3 is 1. The average Bonchev–Trinajstić information content (AvgIpc) is 3.70. The lowest BCUT2D eigenvalue weighted by Crippen LogP contribution is -2.64. The lowest BCUT2D eigenvalue weighted by Gasteiger charge is -2.58. The number of terminal acetylenes is 1. The van der Waals surface area contributed by atoms with Crippen LogP contribution in [-0.4, -0.2) is 89.8 Å². The Morgan fingerprint density at radius 1 is 1.07 bits per heavy atom. The molecular weight excluding hydrogens is 704 g/mol. The normalized spacial score (nSPS) is 33.2. The summed E-state index contributed by atoms with van der Waals surface area (Å²) in [6, 6.07) is 5.00. The highest BCUT2D eigenvalue weighted by Crippen LogP contribution is 2.56. The number of likely N-dealkylation sites (tertiary alicyclic amines) is 1. The van der Waals surface area contributed by atoms with E-state index in [1.165, 1.54) is 31.4 Å². The molecule has 1 saturated carbocycles. The number of hydrogen-bond donors (Lipinski definition) is 2. The maximum Gasteiger partial charge on any atom is 0.319 e. The second-order valence-electron chi connectivity index (χ2n) is 17.0. The summed E-state index contributed by atoms with van der Waals surface area (Å²) in [5, 5.41) is 15.2. The predicted molar refractivity (Wildman–Crippen MR) is 205 cm³/mol. The van der Waals surface area contributed by atoms with Gasteiger partial charge in [-0.3, -0.25) is 4.90 Å². The van der Waals surface area contributed by atoms with Crippen molar-refractivity contribution in [3.63, 3.8) is 0 Å². The van der Waals surface area contributed by atoms with Gasteiger partial charge in [0.2, 0.25) is 5.88 Å². The molecule has 3 aromatic rings. The summed E-state index contributed by atoms with van der Waals surface area (Å²) < 4.78 is 57.5. The third kappa shape index (κ3) is 6.00. The van der Waals surface area contributed by atoms with Crippen molar-refractivity contribution in [3.05, 3.63) is 51.8 Å². The Bertz CT molecular complexity index is 2170. The molecule has 292 valence electrons. The van der Waals surface area contributed by atoms with Gasteiger partial charge in [-0.05, 0) is 101 Å². The molecule has 10 nitrogen and oxygen atoms in total. The predicted octanol–water partition coefficient (Wildman–Crippen LogP) is 5.17. The molecule has 5 fully saturated rings. The minimum Gasteiger partial charge on any atom is -0.508 e. The van der Waals surface area contributed by atoms with Crippen molar-refractivity contribution >= 4 is 28.3 Å². The molecule has 0 spiro atoms. The minimum atomic E-state index is -1.21. The fraction of sp³-hybridized carbons (Fsp3) is 0.581. The van der Waals surface area contributed by atoms with Crippen LogP contribution in [0.15, 0.2) is 24.3 Å². The van der Waals surface area contributed by atoms with Crippen LogP contribution in [0.25, 0.3) is 22.5 Å². The molecule has 6 aliphatic rings. The highest BCUT2D eigenvalue weighted by molar-refractivity contribution is 5.94. The fourth-order valence-corrected chi connectivity index (χ4v) is 11.2. The van der Waals surface area contributed by atoms with Crippen LogP contribution in [0.2, 0.25) is 0 Å². The first-order valence-electron chi connectivity index (χ1n) is 20.0. The highest BCUT2D eigenvalue weighted by atomic mass is 19.1. The van der Waals surface area contributed by atoms with E-state index in [1.807, 2.05) is 0 Å². The van der Waals surface area contributed by atoms with E-state index >= 15 is 8.78 Å². The fourth-order valence-electron chi connectivity index (χ4n) is 11.2. The number of phenols is 1. The number of benzene rings is 2. The molecule has 2 N–H and O–H groups in total. The number of halogens is 2. The Labute approximate surface area is 320 Å². The highest BCUT2D eigenvalue weighted by Gasteiger charge is 2.58. The maximum absolute atomic E-state index is 17.5. The number of nitrogens with zero attached hydrogens (tertiary/aromatic N) is 4. The van der Waals surface area contributed by atoms with Crippen LogP contribution in [0.1, 0.15) is 89.3 Å². The van der Waals surface area contributed by atoms with Crippen molar-refractivity contribution in [2.45, 2.75) is 108 Å². The molecule has 0 radical (unpaired) electrons. The first-order chi connectivity index (χ1) is 26.5. The molecule has 6 heterocycles. The molecule has 4 unspecified atom stereocenters. The van der Waals surface area contributed by atoms with Gasteiger partial charge in [0.15, 0.2) is 5.83 Å². The van der Waals surface area contributed by atoms with Crippen LogP contribution in [-0.2, 0) is 14.2 Å². The zero-order valence-corrected chi connectivity index (χ0v) is 32.2. The number of piperidine rings is 2. The van der Waals surface area contributed by atoms with Crippen LogP contribution in [0.4, 0.5) is 14.6 Å². The van der Waals surface area contributed by atoms with Crippen LogP contribution < -0.4 is 25.5 Å². The van der Waals surface area contributed by atoms with Crippen molar-refractivity contribution < 1.29 is 32.8 Å². The lowest BCUT2D eigenvalue weighted by molar-refractivity contribution is -0.130. The van der Waals surface area contributed by atoms with Gasteiger partial charge in [-0.15, -0.1) is 6.42 Å². The standard InChI is InChI=1S/C43H51F2N5O5/c1-6-31-33(44)10-9-27-18-29(51)19-32(34(27)31)37-36(45)38-35(40(46-37)52-5)39(49-20-26-17-30(21-49)53-22-26)48-41(47-38)54-23-43-12-7-11-42(43,4)50(14-8-13-43)28-15-24(2)55-25(3)16-28/h1,9-10,18-19,24-26,28,30,37,46,51H,7-8,11-17,20-23H2,2-5H3/t24-,25+,26?,28?,30?,37?,42-,43-/m1/s1. The third-order valence-corrected chi connectivity index (χ3v) is 13.7. The number of ether oxygens (including phenoxy) is 4. The van der Waals surface area contributed by atoms with E-state index < -0.39 is 17.7 Å². The number of aromatic hydroxyl groups is 1. The number of aromatic nitrogens is 2. The van der Waals surface area contributed by atoms with Gasteiger partial charge in [0.25, 0.3) is 0 Å². The largest absolute Gasteiger partial charge is 0.508 e. The van der Waals surface area contributed by atoms with E-state index in [0.29, 0.717) is 60.1 Å². The molecule has 1 aliphatic carbocycles. The molecule has 8 atom stereocenters. The molecule has 0 amide bonds. The summed E-state index contributed by atoms with van der Waals surface area (Å²) in [6.07, 6.45) is 14.6. The first kappa shape index (κ1) is 36.5. The van der Waals surface area contributed by atoms with Crippen LogP contribution in [0.5, 0.6) is 11.8 Å². The van der Waals surface area contributed by atoms with Gasteiger partial charge in [0.1, 0.15) is 34.0 Å². The van der Waals surface area contributed by atoms with E-state index in [4.69, 9.17) is 35.3 Å². The number of anilines is 1. The molecule has 4 saturated heterocycles. The Kier molecular flexibility index (Phi) is 9.14. The molecule has 55 heavy (non-hydrogen) atoms. The van der Waals surface area contributed by atoms with E-state index in [-0.39, 0.29) is 63.4 Å². The number of rotatable bonds is 7. The smallest absolute Gasteiger partial charge is 0.319 e. The second kappa shape index (κ2) is 13.8. The van der Waals surface area contributed by atoms with Gasteiger partial charge >= 0.3 is 6.01 Å². The van der Waals surface area contributed by atoms with Crippen molar-refractivity contribution in [1.29, 1.82) is 0 Å². The molecule has 12 heteroatoms. The van der Waals surface area contributed by atoms with Crippen LogP contribution >= 0.6 is 0 Å². The Hall–Kier alpha value is -4.18. The van der Waals surface area contributed by atoms with Crippen molar-refractivity contribution in [2.24, 2.45) is 11.3 Å². The molecule has 1 aromatic heterocycles. The third-order valence-electron chi connectivity index (χ3n) is 13.7. The maximum atomic E-state index is 17.5. The van der Waals surface area contributed by atoms with Crippen LogP contribution in [0.3, 0.4) is 0 Å². The summed E-state index contributed by atoms with van der Waals surface area (Å²) in [6.45, 7) is 10.2. The summed E-state index contributed by atoms with van der Waals surface area (Å²) in [5.74, 6) is 2.15. The van der Waals surface area contributed by atoms with Gasteiger partial charge in [-0.2, -0.15) is 9.97 Å². The summed E-state index contributed by atoms with van der Waals surface area (Å²) in [4.78, 5) is 14.8. The summed E-state index contributed by atoms with van der Waals surface area (Å²) in [7, 11) is 1.51. The second-order valence-corrected chi connectivity index (χ2v) is 17.0. The van der Waals surface area contributed by atoms with Crippen molar-refractivity contribution in [3.8, 4) is 24.1 Å². The zero-order valence-electron chi connectivity index (χ0n) is 32.2. The number of hydrogen-bond acceptors (Lipinski definition) is 10. The monoisotopic (exact) mass is 755 g/mol. The van der Waals surface area contributed by atoms with Crippen molar-refractivity contribution in [2.75, 3.05) is 44.9 Å². The van der Waals surface area contributed by atoms with E-state index in [2.05, 4.69) is 41.8 Å². The number of fused-ring (bicyclic) bond motifs is 5. The van der Waals surface area contributed by atoms with Gasteiger partial charge in [0.05, 0.1) is 44.2 Å². The Morgan fingerprint density at radius 2 is 1.87 bits per heavy atom. The van der Waals surface area contributed by atoms with E-state index in [9.17, 15) is 5.11 Å². The average molecular weight is 756 g/mol. The summed E-state index contributed by atoms with van der Waals surface area (Å²) >= 11 is 0. The van der Waals surface area contributed by atoms with Crippen molar-refractivity contribution in [1.82, 2.24) is 20.2 Å². The van der Waals surface area contributed by atoms with Gasteiger partial charge in [0, 0.05) is 41.4 Å². The Balaban J connectivity index is 1.15. The van der Waals surface area contributed by atoms with Crippen LogP contribution in [0, 0.1) is 29.5 Å². The minimum absolute atomic E-state index is 0.0203. The molecule has 2 bridgehead atoms. The molecule has 2 aromatic carbocycles. The van der Waals surface area contributed by atoms with E-state index in [0.717, 1.165) is 57.9 Å². The lowest BCUT2D eigenvalue weighted by atomic mass is 9.66. The Morgan fingerprint density at radius 3 is 2.64 bits per heavy atom. The first-order valence-corrected chi connectivity index (χ1v) is 20.0. The molecule has 5 aliphatic heterocycles. The number of nitrogens with one attached hydrogen (secondary N) is 1. The van der Waals surface area contributed by atoms with E-state index in [1.54, 1.807) is 0 Å². The number of phenolic OH excluding ortho intramolecular Hbond substituents is 1. The van der Waals surface area contributed by atoms with Gasteiger partial charge < -0.3 is 34.3 Å². The topological polar surface area (TPSA) is 101 Å². The molecule has 9 rings (SSSR count).